The summed E-state index contributed by atoms with van der Waals surface area (Å²) in [4.78, 5) is 11.0. The first-order valence-electron chi connectivity index (χ1n) is 6.09. The molecule has 1 unspecified atom stereocenters. The van der Waals surface area contributed by atoms with Gasteiger partial charge in [-0.15, -0.1) is 0 Å². The van der Waals surface area contributed by atoms with Crippen molar-refractivity contribution < 1.29 is 4.79 Å². The number of carbonyl (C=O) groups excluding carboxylic acids is 1. The number of para-hydroxylation sites is 1. The van der Waals surface area contributed by atoms with Crippen LogP contribution in [0.5, 0.6) is 0 Å². The van der Waals surface area contributed by atoms with E-state index in [1.165, 1.54) is 6.42 Å². The van der Waals surface area contributed by atoms with Crippen LogP contribution in [0.4, 0.5) is 5.69 Å². The predicted octanol–water partition coefficient (Wildman–Crippen LogP) is 0.878. The molecule has 0 aliphatic carbocycles. The number of primary amides is 1. The number of anilines is 1. The quantitative estimate of drug-likeness (QED) is 0.723. The average molecular weight is 233 g/mol. The van der Waals surface area contributed by atoms with Gasteiger partial charge in [0, 0.05) is 18.3 Å². The summed E-state index contributed by atoms with van der Waals surface area (Å²) >= 11 is 0. The molecule has 2 rings (SSSR count). The highest BCUT2D eigenvalue weighted by Crippen LogP contribution is 2.18. The van der Waals surface area contributed by atoms with Crippen LogP contribution in [-0.4, -0.2) is 25.0 Å². The number of hydrogen-bond acceptors (Lipinski definition) is 3. The van der Waals surface area contributed by atoms with E-state index in [0.29, 0.717) is 12.5 Å². The Morgan fingerprint density at radius 3 is 3.00 bits per heavy atom. The van der Waals surface area contributed by atoms with E-state index in [0.717, 1.165) is 30.8 Å². The molecule has 0 bridgehead atoms. The number of carbonyl (C=O) groups is 1. The zero-order valence-electron chi connectivity index (χ0n) is 9.91. The average Bonchev–Trinajstić information content (AvgIpc) is 2.32. The molecule has 0 aromatic heterocycles. The van der Waals surface area contributed by atoms with Crippen molar-refractivity contribution in [2.45, 2.75) is 25.3 Å². The lowest BCUT2D eigenvalue weighted by atomic mass is 10.0. The largest absolute Gasteiger partial charge is 0.381 e. The third-order valence-electron chi connectivity index (χ3n) is 3.04. The van der Waals surface area contributed by atoms with Crippen molar-refractivity contribution in [2.75, 3.05) is 18.4 Å². The summed E-state index contributed by atoms with van der Waals surface area (Å²) in [6.07, 6.45) is 2.65. The number of amides is 1. The molecule has 1 aliphatic rings. The minimum absolute atomic E-state index is 0.291. The van der Waals surface area contributed by atoms with E-state index in [-0.39, 0.29) is 5.91 Å². The molecule has 1 saturated heterocycles. The van der Waals surface area contributed by atoms with Crippen molar-refractivity contribution in [2.24, 2.45) is 5.73 Å². The van der Waals surface area contributed by atoms with Crippen LogP contribution in [0, 0.1) is 0 Å². The first-order valence-corrected chi connectivity index (χ1v) is 6.09. The van der Waals surface area contributed by atoms with E-state index in [2.05, 4.69) is 10.6 Å². The second-order valence-corrected chi connectivity index (χ2v) is 4.49. The predicted molar refractivity (Wildman–Crippen MR) is 68.9 cm³/mol. The van der Waals surface area contributed by atoms with Crippen molar-refractivity contribution in [3.05, 3.63) is 29.8 Å². The highest BCUT2D eigenvalue weighted by Gasteiger charge is 2.14. The Morgan fingerprint density at radius 2 is 2.29 bits per heavy atom. The molecule has 17 heavy (non-hydrogen) atoms. The Labute approximate surface area is 102 Å². The molecule has 0 radical (unpaired) electrons. The first-order chi connectivity index (χ1) is 8.25. The van der Waals surface area contributed by atoms with Gasteiger partial charge in [0.1, 0.15) is 0 Å². The molecule has 1 heterocycles. The van der Waals surface area contributed by atoms with E-state index in [1.807, 2.05) is 24.3 Å². The summed E-state index contributed by atoms with van der Waals surface area (Å²) in [5, 5.41) is 6.85. The topological polar surface area (TPSA) is 67.2 Å². The van der Waals surface area contributed by atoms with E-state index in [1.54, 1.807) is 0 Å². The van der Waals surface area contributed by atoms with E-state index >= 15 is 0 Å². The molecule has 92 valence electrons. The van der Waals surface area contributed by atoms with Crippen LogP contribution in [0.25, 0.3) is 0 Å². The fourth-order valence-corrected chi connectivity index (χ4v) is 2.20. The van der Waals surface area contributed by atoms with Gasteiger partial charge in [0.05, 0.1) is 6.42 Å². The molecule has 0 spiro atoms. The molecule has 4 N–H and O–H groups in total. The maximum atomic E-state index is 11.0. The second-order valence-electron chi connectivity index (χ2n) is 4.49. The zero-order valence-corrected chi connectivity index (χ0v) is 9.91. The molecule has 1 fully saturated rings. The molecule has 4 nitrogen and oxygen atoms in total. The monoisotopic (exact) mass is 233 g/mol. The van der Waals surface area contributed by atoms with Gasteiger partial charge in [-0.1, -0.05) is 18.2 Å². The first kappa shape index (κ1) is 11.9. The molecule has 1 aromatic rings. The van der Waals surface area contributed by atoms with Crippen LogP contribution in [0.2, 0.25) is 0 Å². The number of nitrogens with one attached hydrogen (secondary N) is 2. The number of piperidine rings is 1. The van der Waals surface area contributed by atoms with Crippen molar-refractivity contribution in [1.82, 2.24) is 5.32 Å². The lowest BCUT2D eigenvalue weighted by molar-refractivity contribution is -0.117. The number of hydrogen-bond donors (Lipinski definition) is 3. The Kier molecular flexibility index (Phi) is 3.98. The summed E-state index contributed by atoms with van der Waals surface area (Å²) in [7, 11) is 0. The number of nitrogens with two attached hydrogens (primary N) is 1. The highest BCUT2D eigenvalue weighted by atomic mass is 16.1. The normalized spacial score (nSPS) is 19.9. The highest BCUT2D eigenvalue weighted by molar-refractivity contribution is 5.78. The minimum atomic E-state index is -0.291. The SMILES string of the molecule is NC(=O)Cc1ccccc1NC1CCCNC1. The van der Waals surface area contributed by atoms with Gasteiger partial charge in [0.25, 0.3) is 0 Å². The maximum absolute atomic E-state index is 11.0. The van der Waals surface area contributed by atoms with E-state index < -0.39 is 0 Å². The molecule has 1 atom stereocenters. The summed E-state index contributed by atoms with van der Waals surface area (Å²) in [5.41, 5.74) is 7.25. The zero-order chi connectivity index (χ0) is 12.1. The van der Waals surface area contributed by atoms with Crippen molar-refractivity contribution >= 4 is 11.6 Å². The lowest BCUT2D eigenvalue weighted by Gasteiger charge is -2.25. The van der Waals surface area contributed by atoms with Gasteiger partial charge in [0.15, 0.2) is 0 Å². The van der Waals surface area contributed by atoms with E-state index in [9.17, 15) is 4.79 Å². The van der Waals surface area contributed by atoms with Gasteiger partial charge in [-0.25, -0.2) is 0 Å². The summed E-state index contributed by atoms with van der Waals surface area (Å²) < 4.78 is 0. The minimum Gasteiger partial charge on any atom is -0.381 e. The van der Waals surface area contributed by atoms with Gasteiger partial charge in [-0.05, 0) is 31.0 Å². The van der Waals surface area contributed by atoms with E-state index in [4.69, 9.17) is 5.73 Å². The van der Waals surface area contributed by atoms with Crippen LogP contribution in [0.15, 0.2) is 24.3 Å². The number of rotatable bonds is 4. The van der Waals surface area contributed by atoms with Crippen LogP contribution in [-0.2, 0) is 11.2 Å². The van der Waals surface area contributed by atoms with Crippen molar-refractivity contribution in [3.8, 4) is 0 Å². The third-order valence-corrected chi connectivity index (χ3v) is 3.04. The summed E-state index contributed by atoms with van der Waals surface area (Å²) in [6.45, 7) is 2.08. The third kappa shape index (κ3) is 3.46. The van der Waals surface area contributed by atoms with Crippen molar-refractivity contribution in [1.29, 1.82) is 0 Å². The molecule has 1 aliphatic heterocycles. The molecule has 4 heteroatoms. The lowest BCUT2D eigenvalue weighted by Crippen LogP contribution is -2.38. The van der Waals surface area contributed by atoms with Gasteiger partial charge >= 0.3 is 0 Å². The second kappa shape index (κ2) is 5.68. The van der Waals surface area contributed by atoms with Gasteiger partial charge in [-0.2, -0.15) is 0 Å². The van der Waals surface area contributed by atoms with Crippen LogP contribution in [0.3, 0.4) is 0 Å². The van der Waals surface area contributed by atoms with Gasteiger partial charge in [-0.3, -0.25) is 4.79 Å². The maximum Gasteiger partial charge on any atom is 0.221 e. The molecular weight excluding hydrogens is 214 g/mol. The Bertz CT molecular complexity index is 386. The Morgan fingerprint density at radius 1 is 1.47 bits per heavy atom. The standard InChI is InChI=1S/C13H19N3O/c14-13(17)8-10-4-1-2-6-12(10)16-11-5-3-7-15-9-11/h1-2,4,6,11,15-16H,3,5,7-9H2,(H2,14,17). The fraction of sp³-hybridized carbons (Fsp3) is 0.462. The van der Waals surface area contributed by atoms with Crippen LogP contribution >= 0.6 is 0 Å². The summed E-state index contributed by atoms with van der Waals surface area (Å²) in [6, 6.07) is 8.31. The molecule has 1 aromatic carbocycles. The van der Waals surface area contributed by atoms with Crippen molar-refractivity contribution in [3.63, 3.8) is 0 Å². The van der Waals surface area contributed by atoms with Gasteiger partial charge in [0.2, 0.25) is 5.91 Å². The molecule has 1 amide bonds. The number of benzene rings is 1. The Hall–Kier alpha value is -1.55. The van der Waals surface area contributed by atoms with Gasteiger partial charge < -0.3 is 16.4 Å². The van der Waals surface area contributed by atoms with Crippen LogP contribution in [0.1, 0.15) is 18.4 Å². The molecular formula is C13H19N3O. The van der Waals surface area contributed by atoms with Crippen LogP contribution < -0.4 is 16.4 Å². The summed E-state index contributed by atoms with van der Waals surface area (Å²) in [5.74, 6) is -0.291. The fourth-order valence-electron chi connectivity index (χ4n) is 2.20. The molecule has 0 saturated carbocycles. The smallest absolute Gasteiger partial charge is 0.221 e. The Balaban J connectivity index is 2.05.